The maximum absolute atomic E-state index is 13.3. The zero-order valence-electron chi connectivity index (χ0n) is 15.6. The van der Waals surface area contributed by atoms with Crippen molar-refractivity contribution in [3.05, 3.63) is 78.0 Å². The first-order valence-corrected chi connectivity index (χ1v) is 9.47. The molecule has 4 heteroatoms. The van der Waals surface area contributed by atoms with E-state index in [2.05, 4.69) is 6.08 Å². The number of amides is 1. The largest absolute Gasteiger partial charge is 0.457 e. The molecule has 1 atom stereocenters. The molecular weight excluding hydrogens is 336 g/mol. The van der Waals surface area contributed by atoms with Gasteiger partial charge >= 0.3 is 5.91 Å². The van der Waals surface area contributed by atoms with Crippen LogP contribution in [0, 0.1) is 12.8 Å². The third-order valence-corrected chi connectivity index (χ3v) is 5.24. The van der Waals surface area contributed by atoms with Crippen molar-refractivity contribution in [1.29, 1.82) is 0 Å². The summed E-state index contributed by atoms with van der Waals surface area (Å²) in [6.07, 6.45) is 8.11. The van der Waals surface area contributed by atoms with Crippen molar-refractivity contribution in [2.24, 2.45) is 11.7 Å². The lowest BCUT2D eigenvalue weighted by molar-refractivity contribution is -0.129. The van der Waals surface area contributed by atoms with Gasteiger partial charge in [0, 0.05) is 23.7 Å². The van der Waals surface area contributed by atoms with Gasteiger partial charge in [0.15, 0.2) is 0 Å². The van der Waals surface area contributed by atoms with Crippen LogP contribution >= 0.6 is 0 Å². The number of hydrogen-bond donors (Lipinski definition) is 1. The summed E-state index contributed by atoms with van der Waals surface area (Å²) in [6.45, 7) is 3.11. The highest BCUT2D eigenvalue weighted by Crippen LogP contribution is 2.41. The third kappa shape index (κ3) is 3.46. The summed E-state index contributed by atoms with van der Waals surface area (Å²) in [7, 11) is 0. The summed E-state index contributed by atoms with van der Waals surface area (Å²) in [4.78, 5) is 13.3. The van der Waals surface area contributed by atoms with Crippen molar-refractivity contribution < 1.29 is 9.53 Å². The Hall–Kier alpha value is -2.69. The molecule has 1 fully saturated rings. The lowest BCUT2D eigenvalue weighted by Gasteiger charge is -2.34. The topological polar surface area (TPSA) is 52.3 Å². The number of nitrogens with two attached hydrogens (primary N) is 1. The summed E-state index contributed by atoms with van der Waals surface area (Å²) in [5.74, 6) is 2.00. The number of carbonyl (C=O) groups is 1. The van der Waals surface area contributed by atoms with Gasteiger partial charge in [-0.3, -0.25) is 0 Å². The van der Waals surface area contributed by atoms with Crippen LogP contribution in [0.5, 0.6) is 11.5 Å². The molecule has 2 N–H and O–H groups in total. The molecule has 1 aliphatic carbocycles. The average molecular weight is 361 g/mol. The molecule has 2 aliphatic rings. The SMILES string of the molecule is Cc1cc(Oc2ccccc2)ccc1[N+]1(C(=O)C2CC2)C=C(CN)C=CC1. The number of para-hydroxylation sites is 1. The zero-order valence-corrected chi connectivity index (χ0v) is 15.6. The summed E-state index contributed by atoms with van der Waals surface area (Å²) < 4.78 is 6.18. The first kappa shape index (κ1) is 17.7. The fraction of sp³-hybridized carbons (Fsp3) is 0.261. The first-order chi connectivity index (χ1) is 13.1. The molecule has 2 aromatic rings. The average Bonchev–Trinajstić information content (AvgIpc) is 3.53. The molecule has 0 bridgehead atoms. The van der Waals surface area contributed by atoms with E-state index in [1.165, 1.54) is 0 Å². The number of hydrogen-bond acceptors (Lipinski definition) is 3. The van der Waals surface area contributed by atoms with Gasteiger partial charge in [0.1, 0.15) is 29.9 Å². The van der Waals surface area contributed by atoms with Crippen LogP contribution in [0.25, 0.3) is 0 Å². The highest BCUT2D eigenvalue weighted by Gasteiger charge is 2.48. The molecule has 1 heterocycles. The van der Waals surface area contributed by atoms with Crippen LogP contribution in [0.2, 0.25) is 0 Å². The van der Waals surface area contributed by atoms with Crippen LogP contribution in [0.4, 0.5) is 5.69 Å². The van der Waals surface area contributed by atoms with E-state index in [-0.39, 0.29) is 16.3 Å². The summed E-state index contributed by atoms with van der Waals surface area (Å²) in [5, 5.41) is 0. The third-order valence-electron chi connectivity index (χ3n) is 5.24. The molecule has 0 spiro atoms. The van der Waals surface area contributed by atoms with Crippen molar-refractivity contribution in [2.45, 2.75) is 19.8 Å². The van der Waals surface area contributed by atoms with Crippen molar-refractivity contribution in [3.8, 4) is 11.5 Å². The molecule has 138 valence electrons. The maximum atomic E-state index is 13.3. The van der Waals surface area contributed by atoms with E-state index >= 15 is 0 Å². The van der Waals surface area contributed by atoms with Gasteiger partial charge in [0.25, 0.3) is 0 Å². The van der Waals surface area contributed by atoms with E-state index in [0.717, 1.165) is 41.2 Å². The van der Waals surface area contributed by atoms with E-state index < -0.39 is 0 Å². The number of quaternary nitrogens is 1. The van der Waals surface area contributed by atoms with Gasteiger partial charge in [-0.2, -0.15) is 4.48 Å². The van der Waals surface area contributed by atoms with Gasteiger partial charge in [-0.05, 0) is 50.1 Å². The van der Waals surface area contributed by atoms with E-state index in [1.807, 2.05) is 67.7 Å². The van der Waals surface area contributed by atoms with Crippen molar-refractivity contribution in [1.82, 2.24) is 4.48 Å². The minimum absolute atomic E-state index is 0.159. The Morgan fingerprint density at radius 1 is 1.15 bits per heavy atom. The van der Waals surface area contributed by atoms with E-state index in [1.54, 1.807) is 0 Å². The van der Waals surface area contributed by atoms with Crippen molar-refractivity contribution in [3.63, 3.8) is 0 Å². The lowest BCUT2D eigenvalue weighted by atomic mass is 10.0. The number of aryl methyl sites for hydroxylation is 1. The van der Waals surface area contributed by atoms with Crippen LogP contribution in [0.3, 0.4) is 0 Å². The van der Waals surface area contributed by atoms with Crippen LogP contribution < -0.4 is 15.0 Å². The first-order valence-electron chi connectivity index (χ1n) is 9.47. The Kier molecular flexibility index (Phi) is 4.68. The van der Waals surface area contributed by atoms with E-state index in [9.17, 15) is 4.79 Å². The van der Waals surface area contributed by atoms with Gasteiger partial charge in [-0.15, -0.1) is 0 Å². The maximum Gasteiger partial charge on any atom is 0.326 e. The smallest absolute Gasteiger partial charge is 0.326 e. The minimum Gasteiger partial charge on any atom is -0.457 e. The predicted molar refractivity (Wildman–Crippen MR) is 108 cm³/mol. The summed E-state index contributed by atoms with van der Waals surface area (Å²) in [6, 6.07) is 15.7. The second kappa shape index (κ2) is 7.14. The van der Waals surface area contributed by atoms with Crippen molar-refractivity contribution in [2.75, 3.05) is 13.1 Å². The van der Waals surface area contributed by atoms with Crippen LogP contribution in [-0.4, -0.2) is 19.0 Å². The highest BCUT2D eigenvalue weighted by atomic mass is 16.5. The molecule has 1 aliphatic heterocycles. The Morgan fingerprint density at radius 2 is 1.93 bits per heavy atom. The molecule has 2 aromatic carbocycles. The Bertz CT molecular complexity index is 913. The Balaban J connectivity index is 1.71. The predicted octanol–water partition coefficient (Wildman–Crippen LogP) is 4.44. The number of ether oxygens (including phenoxy) is 1. The number of carbonyl (C=O) groups excluding carboxylic acids is 1. The minimum atomic E-state index is 0.159. The molecule has 4 rings (SSSR count). The second-order valence-corrected chi connectivity index (χ2v) is 7.34. The van der Waals surface area contributed by atoms with Gasteiger partial charge < -0.3 is 10.5 Å². The molecule has 0 saturated heterocycles. The molecule has 0 aromatic heterocycles. The summed E-state index contributed by atoms with van der Waals surface area (Å²) in [5.41, 5.74) is 8.93. The summed E-state index contributed by atoms with van der Waals surface area (Å²) >= 11 is 0. The van der Waals surface area contributed by atoms with Crippen LogP contribution in [-0.2, 0) is 4.79 Å². The fourth-order valence-corrected chi connectivity index (χ4v) is 3.73. The van der Waals surface area contributed by atoms with Gasteiger partial charge in [0.05, 0.1) is 5.92 Å². The van der Waals surface area contributed by atoms with Gasteiger partial charge in [-0.25, -0.2) is 4.79 Å². The normalized spacial score (nSPS) is 21.6. The molecule has 4 nitrogen and oxygen atoms in total. The highest BCUT2D eigenvalue weighted by molar-refractivity contribution is 5.94. The van der Waals surface area contributed by atoms with Gasteiger partial charge in [-0.1, -0.05) is 24.3 Å². The number of benzene rings is 2. The zero-order chi connectivity index (χ0) is 18.9. The fourth-order valence-electron chi connectivity index (χ4n) is 3.73. The molecule has 0 radical (unpaired) electrons. The Morgan fingerprint density at radius 3 is 2.59 bits per heavy atom. The molecular formula is C23H25N2O2+. The second-order valence-electron chi connectivity index (χ2n) is 7.34. The van der Waals surface area contributed by atoms with E-state index in [4.69, 9.17) is 10.5 Å². The molecule has 27 heavy (non-hydrogen) atoms. The van der Waals surface area contributed by atoms with Gasteiger partial charge in [0.2, 0.25) is 0 Å². The monoisotopic (exact) mass is 361 g/mol. The number of nitrogens with zero attached hydrogens (tertiary/aromatic N) is 1. The molecule has 1 amide bonds. The Labute approximate surface area is 160 Å². The number of rotatable bonds is 5. The van der Waals surface area contributed by atoms with Crippen molar-refractivity contribution >= 4 is 11.6 Å². The quantitative estimate of drug-likeness (QED) is 0.801. The standard InChI is InChI=1S/C23H25N2O2/c1-17-14-21(27-20-7-3-2-4-8-20)11-12-22(17)25(23(26)19-9-10-19)13-5-6-18(15-24)16-25/h2-8,11-12,14,16,19H,9-10,13,15,24H2,1H3/q+1. The molecule has 1 unspecified atom stereocenters. The molecule has 1 saturated carbocycles. The van der Waals surface area contributed by atoms with E-state index in [0.29, 0.717) is 13.1 Å². The van der Waals surface area contributed by atoms with Crippen LogP contribution in [0.1, 0.15) is 18.4 Å². The lowest BCUT2D eigenvalue weighted by Crippen LogP contribution is -2.52. The van der Waals surface area contributed by atoms with Crippen LogP contribution in [0.15, 0.2) is 72.5 Å².